The van der Waals surface area contributed by atoms with Crippen LogP contribution in [0, 0.1) is 0 Å². The fraction of sp³-hybridized carbons (Fsp3) is 0.400. The number of carbonyl (C=O) groups is 3. The molecule has 0 saturated carbocycles. The second-order valence-corrected chi connectivity index (χ2v) is 5.59. The first-order chi connectivity index (χ1) is 9.68. The Kier molecular flexibility index (Phi) is 5.07. The van der Waals surface area contributed by atoms with Crippen LogP contribution in [0.25, 0.3) is 0 Å². The van der Waals surface area contributed by atoms with Gasteiger partial charge in [-0.1, -0.05) is 12.1 Å². The van der Waals surface area contributed by atoms with Gasteiger partial charge in [0.15, 0.2) is 0 Å². The van der Waals surface area contributed by atoms with Gasteiger partial charge in [0.25, 0.3) is 5.91 Å². The lowest BCUT2D eigenvalue weighted by atomic mass is 10.1. The molecule has 1 rings (SSSR count). The quantitative estimate of drug-likeness (QED) is 0.632. The number of imide groups is 1. The third-order valence-corrected chi connectivity index (χ3v) is 3.00. The number of amides is 3. The Balaban J connectivity index is 2.84. The Morgan fingerprint density at radius 3 is 2.24 bits per heavy atom. The summed E-state index contributed by atoms with van der Waals surface area (Å²) in [7, 11) is 0. The highest BCUT2D eigenvalue weighted by atomic mass is 16.2. The summed E-state index contributed by atoms with van der Waals surface area (Å²) < 4.78 is 0. The predicted octanol–water partition coefficient (Wildman–Crippen LogP) is 1.17. The number of nitrogens with two attached hydrogens (primary N) is 1. The number of benzene rings is 1. The number of nitrogen functional groups attached to an aromatic ring is 1. The molecule has 6 heteroatoms. The number of hydrogen-bond acceptors (Lipinski definition) is 4. The average molecular weight is 291 g/mol. The molecule has 0 heterocycles. The third kappa shape index (κ3) is 4.05. The van der Waals surface area contributed by atoms with Gasteiger partial charge in [0.1, 0.15) is 0 Å². The molecule has 1 aromatic rings. The van der Waals surface area contributed by atoms with Gasteiger partial charge in [-0.15, -0.1) is 0 Å². The zero-order chi connectivity index (χ0) is 16.2. The van der Waals surface area contributed by atoms with Gasteiger partial charge in [0, 0.05) is 17.8 Å². The Bertz CT molecular complexity index is 562. The molecule has 0 aromatic heterocycles. The van der Waals surface area contributed by atoms with Crippen LogP contribution < -0.4 is 11.1 Å². The molecule has 6 nitrogen and oxygen atoms in total. The van der Waals surface area contributed by atoms with Crippen molar-refractivity contribution in [2.45, 2.75) is 33.2 Å². The zero-order valence-electron chi connectivity index (χ0n) is 12.8. The molecule has 0 atom stereocenters. The summed E-state index contributed by atoms with van der Waals surface area (Å²) >= 11 is 0. The van der Waals surface area contributed by atoms with Crippen molar-refractivity contribution < 1.29 is 14.4 Å². The zero-order valence-corrected chi connectivity index (χ0v) is 12.8. The second kappa shape index (κ2) is 6.39. The van der Waals surface area contributed by atoms with E-state index in [2.05, 4.69) is 5.32 Å². The van der Waals surface area contributed by atoms with E-state index in [9.17, 15) is 14.4 Å². The monoisotopic (exact) mass is 291 g/mol. The molecule has 0 aliphatic carbocycles. The first kappa shape index (κ1) is 16.7. The van der Waals surface area contributed by atoms with Crippen LogP contribution in [0.5, 0.6) is 0 Å². The Morgan fingerprint density at radius 1 is 1.19 bits per heavy atom. The van der Waals surface area contributed by atoms with Crippen molar-refractivity contribution in [1.29, 1.82) is 0 Å². The van der Waals surface area contributed by atoms with Crippen molar-refractivity contribution >= 4 is 23.4 Å². The van der Waals surface area contributed by atoms with Crippen molar-refractivity contribution in [2.75, 3.05) is 12.3 Å². The largest absolute Gasteiger partial charge is 0.398 e. The average Bonchev–Trinajstić information content (AvgIpc) is 2.37. The number of rotatable bonds is 2. The topological polar surface area (TPSA) is 92.5 Å². The Morgan fingerprint density at radius 2 is 1.76 bits per heavy atom. The molecule has 0 fully saturated rings. The molecule has 0 bridgehead atoms. The fourth-order valence-electron chi connectivity index (χ4n) is 1.97. The van der Waals surface area contributed by atoms with E-state index in [0.29, 0.717) is 6.54 Å². The lowest BCUT2D eigenvalue weighted by Gasteiger charge is -2.34. The summed E-state index contributed by atoms with van der Waals surface area (Å²) in [6.07, 6.45) is 0. The van der Waals surface area contributed by atoms with E-state index in [1.165, 1.54) is 11.0 Å². The van der Waals surface area contributed by atoms with E-state index in [0.717, 1.165) is 0 Å². The number of nitrogens with one attached hydrogen (secondary N) is 1. The first-order valence-corrected chi connectivity index (χ1v) is 6.70. The van der Waals surface area contributed by atoms with Crippen LogP contribution in [-0.2, 0) is 9.59 Å². The van der Waals surface area contributed by atoms with E-state index < -0.39 is 23.3 Å². The van der Waals surface area contributed by atoms with Gasteiger partial charge in [-0.05, 0) is 39.8 Å². The first-order valence-electron chi connectivity index (χ1n) is 6.70. The van der Waals surface area contributed by atoms with Crippen LogP contribution in [0.4, 0.5) is 5.69 Å². The molecule has 0 aliphatic rings. The Hall–Kier alpha value is -2.37. The standard InChI is InChI=1S/C15H21N3O3/c1-5-18(15(2,3)4)14(21)13(20)17-12(19)10-8-6-7-9-11(10)16/h6-9H,5,16H2,1-4H3,(H,17,19,20). The highest BCUT2D eigenvalue weighted by molar-refractivity contribution is 6.38. The Labute approximate surface area is 124 Å². The van der Waals surface area contributed by atoms with Crippen LogP contribution in [0.2, 0.25) is 0 Å². The minimum Gasteiger partial charge on any atom is -0.398 e. The van der Waals surface area contributed by atoms with Gasteiger partial charge in [0.05, 0.1) is 5.56 Å². The molecule has 0 spiro atoms. The van der Waals surface area contributed by atoms with Gasteiger partial charge < -0.3 is 10.6 Å². The number of carbonyl (C=O) groups excluding carboxylic acids is 3. The van der Waals surface area contributed by atoms with E-state index >= 15 is 0 Å². The smallest absolute Gasteiger partial charge is 0.316 e. The van der Waals surface area contributed by atoms with Crippen LogP contribution in [-0.4, -0.2) is 34.7 Å². The summed E-state index contributed by atoms with van der Waals surface area (Å²) in [5.41, 5.74) is 5.57. The molecule has 3 amide bonds. The predicted molar refractivity (Wildman–Crippen MR) is 80.5 cm³/mol. The molecule has 21 heavy (non-hydrogen) atoms. The molecule has 3 N–H and O–H groups in total. The molecule has 0 radical (unpaired) electrons. The number of para-hydroxylation sites is 1. The van der Waals surface area contributed by atoms with Gasteiger partial charge in [0.2, 0.25) is 0 Å². The lowest BCUT2D eigenvalue weighted by molar-refractivity contribution is -0.148. The number of hydrogen-bond donors (Lipinski definition) is 2. The summed E-state index contributed by atoms with van der Waals surface area (Å²) in [5, 5.41) is 2.07. The molecule has 0 aliphatic heterocycles. The molecule has 1 aromatic carbocycles. The van der Waals surface area contributed by atoms with E-state index in [-0.39, 0.29) is 11.3 Å². The number of nitrogens with zero attached hydrogens (tertiary/aromatic N) is 1. The minimum absolute atomic E-state index is 0.164. The molecular formula is C15H21N3O3. The van der Waals surface area contributed by atoms with E-state index in [1.807, 2.05) is 20.8 Å². The third-order valence-electron chi connectivity index (χ3n) is 3.00. The SMILES string of the molecule is CCN(C(=O)C(=O)NC(=O)c1ccccc1N)C(C)(C)C. The highest BCUT2D eigenvalue weighted by Gasteiger charge is 2.30. The van der Waals surface area contributed by atoms with Crippen LogP contribution in [0.3, 0.4) is 0 Å². The molecular weight excluding hydrogens is 270 g/mol. The minimum atomic E-state index is -0.958. The van der Waals surface area contributed by atoms with Crippen molar-refractivity contribution in [3.8, 4) is 0 Å². The molecule has 114 valence electrons. The maximum absolute atomic E-state index is 12.1. The maximum atomic E-state index is 12.1. The van der Waals surface area contributed by atoms with Crippen LogP contribution >= 0.6 is 0 Å². The van der Waals surface area contributed by atoms with Crippen LogP contribution in [0.15, 0.2) is 24.3 Å². The normalized spacial score (nSPS) is 10.9. The second-order valence-electron chi connectivity index (χ2n) is 5.59. The van der Waals surface area contributed by atoms with Crippen molar-refractivity contribution in [3.05, 3.63) is 29.8 Å². The molecule has 0 saturated heterocycles. The van der Waals surface area contributed by atoms with Crippen molar-refractivity contribution in [2.24, 2.45) is 0 Å². The van der Waals surface area contributed by atoms with Gasteiger partial charge >= 0.3 is 11.8 Å². The van der Waals surface area contributed by atoms with E-state index in [4.69, 9.17) is 5.73 Å². The summed E-state index contributed by atoms with van der Waals surface area (Å²) in [5.74, 6) is -2.38. The fourth-order valence-corrected chi connectivity index (χ4v) is 1.97. The summed E-state index contributed by atoms with van der Waals surface area (Å²) in [6.45, 7) is 7.60. The van der Waals surface area contributed by atoms with Crippen LogP contribution in [0.1, 0.15) is 38.1 Å². The molecule has 0 unspecified atom stereocenters. The summed E-state index contributed by atoms with van der Waals surface area (Å²) in [4.78, 5) is 37.4. The highest BCUT2D eigenvalue weighted by Crippen LogP contribution is 2.13. The van der Waals surface area contributed by atoms with Crippen molar-refractivity contribution in [1.82, 2.24) is 10.2 Å². The van der Waals surface area contributed by atoms with Gasteiger partial charge in [-0.2, -0.15) is 0 Å². The lowest BCUT2D eigenvalue weighted by Crippen LogP contribution is -2.52. The van der Waals surface area contributed by atoms with Gasteiger partial charge in [-0.25, -0.2) is 0 Å². The number of anilines is 1. The van der Waals surface area contributed by atoms with Gasteiger partial charge in [-0.3, -0.25) is 19.7 Å². The maximum Gasteiger partial charge on any atom is 0.316 e. The number of likely N-dealkylation sites (N-methyl/N-ethyl adjacent to an activating group) is 1. The van der Waals surface area contributed by atoms with E-state index in [1.54, 1.807) is 25.1 Å². The van der Waals surface area contributed by atoms with Crippen molar-refractivity contribution in [3.63, 3.8) is 0 Å². The summed E-state index contributed by atoms with van der Waals surface area (Å²) in [6, 6.07) is 6.35.